The van der Waals surface area contributed by atoms with E-state index in [9.17, 15) is 0 Å². The summed E-state index contributed by atoms with van der Waals surface area (Å²) in [5.74, 6) is 7.23. The molecular weight excluding hydrogens is 409 g/mol. The van der Waals surface area contributed by atoms with Gasteiger partial charge in [0.2, 0.25) is 0 Å². The Morgan fingerprint density at radius 1 is 0.926 bits per heavy atom. The monoisotopic (exact) mass is 446 g/mol. The van der Waals surface area contributed by atoms with Crippen molar-refractivity contribution >= 4 is 37.0 Å². The predicted molar refractivity (Wildman–Crippen MR) is 123 cm³/mol. The Labute approximate surface area is 169 Å². The summed E-state index contributed by atoms with van der Waals surface area (Å²) in [5.41, 5.74) is 1.36. The topological polar surface area (TPSA) is 19.6 Å². The molecule has 0 spiro atoms. The molecule has 5 heteroatoms. The zero-order valence-corrected chi connectivity index (χ0v) is 20.9. The molecule has 2 aromatic rings. The number of benzene rings is 1. The van der Waals surface area contributed by atoms with Gasteiger partial charge in [0.15, 0.2) is 0 Å². The molecule has 148 valence electrons. The minimum absolute atomic E-state index is 1.14. The molecule has 0 bridgehead atoms. The van der Waals surface area contributed by atoms with Crippen molar-refractivity contribution < 1.29 is 4.42 Å². The Kier molecular flexibility index (Phi) is 6.59. The predicted octanol–water partition coefficient (Wildman–Crippen LogP) is 3.95. The van der Waals surface area contributed by atoms with E-state index in [4.69, 9.17) is 4.42 Å². The molecular formula is C22H36GeN2OSi. The van der Waals surface area contributed by atoms with Gasteiger partial charge in [-0.1, -0.05) is 18.2 Å². The summed E-state index contributed by atoms with van der Waals surface area (Å²) in [4.78, 5) is 5.15. The molecule has 3 rings (SSSR count). The van der Waals surface area contributed by atoms with Crippen LogP contribution in [0.15, 0.2) is 46.9 Å². The third-order valence-electron chi connectivity index (χ3n) is 5.78. The van der Waals surface area contributed by atoms with Gasteiger partial charge in [-0.25, -0.2) is 0 Å². The number of piperazine rings is 1. The second-order valence-electron chi connectivity index (χ2n) is 9.57. The first-order valence-corrected chi connectivity index (χ1v) is 20.9. The van der Waals surface area contributed by atoms with Crippen molar-refractivity contribution in [2.24, 2.45) is 0 Å². The van der Waals surface area contributed by atoms with Gasteiger partial charge in [-0.3, -0.25) is 0 Å². The van der Waals surface area contributed by atoms with Crippen LogP contribution >= 0.6 is 0 Å². The Morgan fingerprint density at radius 3 is 2.19 bits per heavy atom. The Hall–Kier alpha value is -0.980. The molecule has 0 N–H and O–H groups in total. The zero-order chi connectivity index (χ0) is 19.5. The third-order valence-corrected chi connectivity index (χ3v) is 12.7. The molecule has 0 radical (unpaired) electrons. The van der Waals surface area contributed by atoms with E-state index in [0.29, 0.717) is 0 Å². The molecule has 0 unspecified atom stereocenters. The number of anilines is 1. The van der Waals surface area contributed by atoms with Crippen LogP contribution < -0.4 is 14.9 Å². The molecule has 1 aliphatic rings. The number of furan rings is 1. The Morgan fingerprint density at radius 2 is 1.59 bits per heavy atom. The van der Waals surface area contributed by atoms with E-state index in [0.717, 1.165) is 13.1 Å². The van der Waals surface area contributed by atoms with Gasteiger partial charge in [-0.05, 0) is 12.1 Å². The summed E-state index contributed by atoms with van der Waals surface area (Å²) >= 11 is -1.85. The molecule has 1 aromatic heterocycles. The molecule has 0 atom stereocenters. The van der Waals surface area contributed by atoms with Crippen molar-refractivity contribution in [1.29, 1.82) is 0 Å². The van der Waals surface area contributed by atoms with E-state index < -0.39 is 21.3 Å². The fraction of sp³-hybridized carbons (Fsp3) is 0.545. The summed E-state index contributed by atoms with van der Waals surface area (Å²) in [6.45, 7) is 10.8. The first-order valence-electron chi connectivity index (χ1n) is 10.4. The average molecular weight is 445 g/mol. The third kappa shape index (κ3) is 5.52. The van der Waals surface area contributed by atoms with E-state index >= 15 is 0 Å². The molecule has 1 saturated heterocycles. The summed E-state index contributed by atoms with van der Waals surface area (Å²) in [6, 6.07) is 16.7. The van der Waals surface area contributed by atoms with Gasteiger partial charge in [0.25, 0.3) is 0 Å². The van der Waals surface area contributed by atoms with Crippen LogP contribution in [0.1, 0.15) is 6.42 Å². The van der Waals surface area contributed by atoms with Gasteiger partial charge in [-0.15, -0.1) is 0 Å². The van der Waals surface area contributed by atoms with Crippen molar-refractivity contribution in [2.45, 2.75) is 42.8 Å². The van der Waals surface area contributed by atoms with Crippen LogP contribution in [0.5, 0.6) is 0 Å². The molecule has 27 heavy (non-hydrogen) atoms. The van der Waals surface area contributed by atoms with Crippen LogP contribution in [0, 0.1) is 0 Å². The Balaban J connectivity index is 1.45. The normalized spacial score (nSPS) is 16.7. The van der Waals surface area contributed by atoms with Crippen molar-refractivity contribution in [3.05, 3.63) is 42.5 Å². The van der Waals surface area contributed by atoms with Gasteiger partial charge in [-0.2, -0.15) is 0 Å². The van der Waals surface area contributed by atoms with E-state index in [1.54, 1.807) is 0 Å². The number of hydrogen-bond acceptors (Lipinski definition) is 3. The maximum absolute atomic E-state index is 6.34. The van der Waals surface area contributed by atoms with Crippen LogP contribution in [-0.4, -0.2) is 59.0 Å². The zero-order valence-electron chi connectivity index (χ0n) is 17.8. The van der Waals surface area contributed by atoms with E-state index in [1.165, 1.54) is 47.8 Å². The maximum atomic E-state index is 6.34. The second-order valence-corrected chi connectivity index (χ2v) is 24.8. The van der Waals surface area contributed by atoms with Crippen molar-refractivity contribution in [1.82, 2.24) is 4.90 Å². The number of para-hydroxylation sites is 1. The molecule has 1 aliphatic heterocycles. The van der Waals surface area contributed by atoms with Crippen LogP contribution in [0.25, 0.3) is 0 Å². The van der Waals surface area contributed by atoms with Gasteiger partial charge >= 0.3 is 139 Å². The number of hydrogen-bond donors (Lipinski definition) is 0. The minimum atomic E-state index is -1.85. The van der Waals surface area contributed by atoms with E-state index in [2.05, 4.69) is 82.6 Å². The first-order chi connectivity index (χ1) is 12.8. The molecule has 0 amide bonds. The van der Waals surface area contributed by atoms with Gasteiger partial charge in [0, 0.05) is 0 Å². The fourth-order valence-electron chi connectivity index (χ4n) is 3.84. The fourth-order valence-corrected chi connectivity index (χ4v) is 8.36. The average Bonchev–Trinajstić information content (AvgIpc) is 3.15. The summed E-state index contributed by atoms with van der Waals surface area (Å²) in [7, 11) is -1.46. The number of rotatable bonds is 7. The Bertz CT molecular complexity index is 715. The molecule has 3 nitrogen and oxygen atoms in total. The van der Waals surface area contributed by atoms with Crippen molar-refractivity contribution in [2.75, 3.05) is 37.6 Å². The molecule has 1 aromatic carbocycles. The first kappa shape index (κ1) is 20.7. The van der Waals surface area contributed by atoms with Gasteiger partial charge < -0.3 is 0 Å². The van der Waals surface area contributed by atoms with E-state index in [1.807, 2.05) is 0 Å². The van der Waals surface area contributed by atoms with Crippen LogP contribution in [0.4, 0.5) is 5.69 Å². The van der Waals surface area contributed by atoms with Crippen molar-refractivity contribution in [3.63, 3.8) is 0 Å². The standard InChI is InChI=1S/C22H36GeN2OSi/c1-23(2,3)21-12-13-22(26-21)27(4,5)19-9-14-24-15-17-25(18-16-24)20-10-7-6-8-11-20/h6-8,10-13H,9,14-19H2,1-5H3. The van der Waals surface area contributed by atoms with Crippen molar-refractivity contribution in [3.8, 4) is 0 Å². The quantitative estimate of drug-likeness (QED) is 0.602. The summed E-state index contributed by atoms with van der Waals surface area (Å²) < 4.78 is 7.65. The van der Waals surface area contributed by atoms with Crippen LogP contribution in [-0.2, 0) is 0 Å². The van der Waals surface area contributed by atoms with Crippen LogP contribution in [0.2, 0.25) is 36.4 Å². The van der Waals surface area contributed by atoms with Crippen LogP contribution in [0.3, 0.4) is 0 Å². The molecule has 2 heterocycles. The second kappa shape index (κ2) is 8.58. The van der Waals surface area contributed by atoms with Gasteiger partial charge in [0.1, 0.15) is 0 Å². The summed E-state index contributed by atoms with van der Waals surface area (Å²) in [6.07, 6.45) is 1.29. The molecule has 1 fully saturated rings. The van der Waals surface area contributed by atoms with E-state index in [-0.39, 0.29) is 0 Å². The SMILES string of the molecule is C[Si](C)(CCCN1CCN(c2ccccc2)CC1)c1cc[c]([Ge]([CH3])([CH3])[CH3])o1. The summed E-state index contributed by atoms with van der Waals surface area (Å²) in [5, 5.41) is 1.31. The molecule has 0 saturated carbocycles. The number of nitrogens with zero attached hydrogens (tertiary/aromatic N) is 2. The van der Waals surface area contributed by atoms with Gasteiger partial charge in [0.05, 0.1) is 0 Å². The molecule has 0 aliphatic carbocycles.